The molecule has 164 valence electrons. The van der Waals surface area contributed by atoms with Gasteiger partial charge in [0.05, 0.1) is 23.8 Å². The van der Waals surface area contributed by atoms with Crippen LogP contribution in [0.2, 0.25) is 0 Å². The number of nitrogens with zero attached hydrogens (tertiary/aromatic N) is 4. The molecule has 0 saturated carbocycles. The van der Waals surface area contributed by atoms with Crippen LogP contribution in [0.3, 0.4) is 0 Å². The summed E-state index contributed by atoms with van der Waals surface area (Å²) in [4.78, 5) is 16.4. The van der Waals surface area contributed by atoms with Crippen molar-refractivity contribution in [1.82, 2.24) is 20.3 Å². The summed E-state index contributed by atoms with van der Waals surface area (Å²) < 4.78 is 5.66. The fourth-order valence-corrected chi connectivity index (χ4v) is 4.51. The number of methoxy groups -OCH3 is 1. The number of fused-ring (bicyclic) bond motifs is 2. The topological polar surface area (TPSA) is 63.2 Å². The molecule has 1 aliphatic rings. The van der Waals surface area contributed by atoms with Crippen molar-refractivity contribution in [1.29, 1.82) is 0 Å². The van der Waals surface area contributed by atoms with Crippen LogP contribution in [-0.4, -0.2) is 46.7 Å². The predicted octanol–water partition coefficient (Wildman–Crippen LogP) is 4.82. The van der Waals surface area contributed by atoms with Gasteiger partial charge in [-0.15, -0.1) is 0 Å². The fourth-order valence-electron chi connectivity index (χ4n) is 4.51. The smallest absolute Gasteiger partial charge is 0.129 e. The Labute approximate surface area is 188 Å². The van der Waals surface area contributed by atoms with E-state index in [2.05, 4.69) is 60.2 Å². The molecule has 0 radical (unpaired) electrons. The molecule has 32 heavy (non-hydrogen) atoms. The summed E-state index contributed by atoms with van der Waals surface area (Å²) in [5.74, 6) is 1.81. The van der Waals surface area contributed by atoms with Gasteiger partial charge in [-0.1, -0.05) is 0 Å². The standard InChI is InChI=1S/C26H29N5O/c1-26(2,3)30-19-10-12-31(16-19)25-8-7-22-23(29-25)6-5-21(28-22)20-13-18-15-27-11-9-17(18)14-24(20)32-4/h5-9,11,13-15,19,30H,10,12,16H2,1-4H3. The lowest BCUT2D eigenvalue weighted by Crippen LogP contribution is -2.44. The molecule has 1 fully saturated rings. The van der Waals surface area contributed by atoms with Crippen molar-refractivity contribution < 1.29 is 4.74 Å². The number of pyridine rings is 3. The summed E-state index contributed by atoms with van der Waals surface area (Å²) in [6, 6.07) is 14.8. The van der Waals surface area contributed by atoms with Crippen LogP contribution in [0.1, 0.15) is 27.2 Å². The van der Waals surface area contributed by atoms with Gasteiger partial charge in [-0.3, -0.25) is 4.98 Å². The zero-order valence-electron chi connectivity index (χ0n) is 19.1. The molecule has 1 aromatic carbocycles. The molecule has 1 saturated heterocycles. The van der Waals surface area contributed by atoms with E-state index in [-0.39, 0.29) is 5.54 Å². The molecule has 4 aromatic rings. The lowest BCUT2D eigenvalue weighted by molar-refractivity contribution is 0.373. The Morgan fingerprint density at radius 1 is 1.00 bits per heavy atom. The van der Waals surface area contributed by atoms with Crippen LogP contribution in [0.25, 0.3) is 33.1 Å². The van der Waals surface area contributed by atoms with Gasteiger partial charge in [0.25, 0.3) is 0 Å². The first kappa shape index (κ1) is 20.6. The van der Waals surface area contributed by atoms with Gasteiger partial charge >= 0.3 is 0 Å². The number of rotatable bonds is 4. The van der Waals surface area contributed by atoms with Crippen LogP contribution in [0.4, 0.5) is 5.82 Å². The second kappa shape index (κ2) is 8.02. The van der Waals surface area contributed by atoms with E-state index >= 15 is 0 Å². The molecular weight excluding hydrogens is 398 g/mol. The number of ether oxygens (including phenoxy) is 1. The lowest BCUT2D eigenvalue weighted by Gasteiger charge is -2.26. The number of hydrogen-bond donors (Lipinski definition) is 1. The number of benzene rings is 1. The Hall–Kier alpha value is -3.25. The van der Waals surface area contributed by atoms with E-state index in [0.29, 0.717) is 6.04 Å². The third kappa shape index (κ3) is 4.10. The molecule has 1 unspecified atom stereocenters. The maximum Gasteiger partial charge on any atom is 0.129 e. The minimum absolute atomic E-state index is 0.123. The van der Waals surface area contributed by atoms with Gasteiger partial charge in [0, 0.05) is 48.0 Å². The molecule has 0 aliphatic carbocycles. The van der Waals surface area contributed by atoms with Crippen molar-refractivity contribution in [3.8, 4) is 17.0 Å². The highest BCUT2D eigenvalue weighted by molar-refractivity contribution is 5.90. The van der Waals surface area contributed by atoms with Crippen LogP contribution >= 0.6 is 0 Å². The second-order valence-corrected chi connectivity index (χ2v) is 9.51. The fraction of sp³-hybridized carbons (Fsp3) is 0.346. The Balaban J connectivity index is 1.44. The molecule has 5 rings (SSSR count). The Morgan fingerprint density at radius 3 is 2.62 bits per heavy atom. The van der Waals surface area contributed by atoms with Gasteiger partial charge in [0.1, 0.15) is 11.6 Å². The summed E-state index contributed by atoms with van der Waals surface area (Å²) in [5, 5.41) is 5.86. The lowest BCUT2D eigenvalue weighted by atomic mass is 10.0. The van der Waals surface area contributed by atoms with E-state index in [1.807, 2.05) is 24.4 Å². The van der Waals surface area contributed by atoms with E-state index in [1.165, 1.54) is 0 Å². The summed E-state index contributed by atoms with van der Waals surface area (Å²) in [6.07, 6.45) is 4.79. The van der Waals surface area contributed by atoms with Gasteiger partial charge in [0.2, 0.25) is 0 Å². The summed E-state index contributed by atoms with van der Waals surface area (Å²) >= 11 is 0. The van der Waals surface area contributed by atoms with Crippen LogP contribution in [-0.2, 0) is 0 Å². The third-order valence-corrected chi connectivity index (χ3v) is 5.91. The number of anilines is 1. The molecule has 6 nitrogen and oxygen atoms in total. The van der Waals surface area contributed by atoms with Crippen molar-refractivity contribution >= 4 is 27.6 Å². The zero-order chi connectivity index (χ0) is 22.3. The maximum absolute atomic E-state index is 5.66. The zero-order valence-corrected chi connectivity index (χ0v) is 19.1. The molecule has 1 aliphatic heterocycles. The highest BCUT2D eigenvalue weighted by Crippen LogP contribution is 2.34. The van der Waals surface area contributed by atoms with Gasteiger partial charge in [-0.05, 0) is 75.0 Å². The summed E-state index contributed by atoms with van der Waals surface area (Å²) in [7, 11) is 1.69. The van der Waals surface area contributed by atoms with Crippen molar-refractivity contribution in [2.45, 2.75) is 38.8 Å². The average Bonchev–Trinajstić information content (AvgIpc) is 3.24. The van der Waals surface area contributed by atoms with E-state index in [9.17, 15) is 0 Å². The molecule has 3 aromatic heterocycles. The van der Waals surface area contributed by atoms with Gasteiger partial charge in [0.15, 0.2) is 0 Å². The predicted molar refractivity (Wildman–Crippen MR) is 130 cm³/mol. The first-order chi connectivity index (χ1) is 15.4. The molecule has 1 N–H and O–H groups in total. The normalized spacial score (nSPS) is 16.8. The molecule has 0 spiro atoms. The van der Waals surface area contributed by atoms with Crippen LogP contribution in [0.5, 0.6) is 5.75 Å². The molecule has 0 bridgehead atoms. The first-order valence-electron chi connectivity index (χ1n) is 11.1. The van der Waals surface area contributed by atoms with Crippen LogP contribution < -0.4 is 15.0 Å². The quantitative estimate of drug-likeness (QED) is 0.504. The first-order valence-corrected chi connectivity index (χ1v) is 11.1. The Kier molecular flexibility index (Phi) is 5.18. The third-order valence-electron chi connectivity index (χ3n) is 5.91. The highest BCUT2D eigenvalue weighted by Gasteiger charge is 2.26. The second-order valence-electron chi connectivity index (χ2n) is 9.51. The Morgan fingerprint density at radius 2 is 1.81 bits per heavy atom. The number of aromatic nitrogens is 3. The number of hydrogen-bond acceptors (Lipinski definition) is 6. The van der Waals surface area contributed by atoms with Crippen molar-refractivity contribution in [2.75, 3.05) is 25.1 Å². The van der Waals surface area contributed by atoms with Crippen molar-refractivity contribution in [3.05, 3.63) is 54.9 Å². The highest BCUT2D eigenvalue weighted by atomic mass is 16.5. The van der Waals surface area contributed by atoms with Crippen LogP contribution in [0, 0.1) is 0 Å². The van der Waals surface area contributed by atoms with Gasteiger partial charge in [-0.25, -0.2) is 9.97 Å². The van der Waals surface area contributed by atoms with E-state index in [0.717, 1.165) is 64.1 Å². The minimum Gasteiger partial charge on any atom is -0.496 e. The summed E-state index contributed by atoms with van der Waals surface area (Å²) in [6.45, 7) is 8.64. The SMILES string of the molecule is COc1cc2ccncc2cc1-c1ccc2nc(N3CCC(NC(C)(C)C)C3)ccc2n1. The van der Waals surface area contributed by atoms with Crippen molar-refractivity contribution in [3.63, 3.8) is 0 Å². The molecule has 1 atom stereocenters. The Bertz CT molecular complexity index is 1280. The largest absolute Gasteiger partial charge is 0.496 e. The van der Waals surface area contributed by atoms with E-state index in [4.69, 9.17) is 14.7 Å². The molecular formula is C26H29N5O. The maximum atomic E-state index is 5.66. The molecule has 6 heteroatoms. The van der Waals surface area contributed by atoms with Gasteiger partial charge < -0.3 is 15.0 Å². The minimum atomic E-state index is 0.123. The summed E-state index contributed by atoms with van der Waals surface area (Å²) in [5.41, 5.74) is 3.72. The van der Waals surface area contributed by atoms with E-state index in [1.54, 1.807) is 13.3 Å². The molecule has 4 heterocycles. The molecule has 0 amide bonds. The van der Waals surface area contributed by atoms with E-state index < -0.39 is 0 Å². The average molecular weight is 428 g/mol. The van der Waals surface area contributed by atoms with Crippen molar-refractivity contribution in [2.24, 2.45) is 0 Å². The monoisotopic (exact) mass is 427 g/mol. The van der Waals surface area contributed by atoms with Crippen LogP contribution in [0.15, 0.2) is 54.9 Å². The van der Waals surface area contributed by atoms with Gasteiger partial charge in [-0.2, -0.15) is 0 Å². The number of nitrogens with one attached hydrogen (secondary N) is 1.